The second-order valence-electron chi connectivity index (χ2n) is 5.23. The van der Waals surface area contributed by atoms with Crippen LogP contribution in [0, 0.1) is 6.92 Å². The predicted molar refractivity (Wildman–Crippen MR) is 98.9 cm³/mol. The molecule has 0 bridgehead atoms. The SMILES string of the molecule is COc1ccc(OCCNCC(=O)Nc2ccc(C)cc2Br)cc1. The molecule has 2 aromatic carbocycles. The van der Waals surface area contributed by atoms with Crippen LogP contribution in [0.25, 0.3) is 0 Å². The number of anilines is 1. The van der Waals surface area contributed by atoms with E-state index in [1.54, 1.807) is 7.11 Å². The first-order valence-electron chi connectivity index (χ1n) is 7.62. The number of hydrogen-bond acceptors (Lipinski definition) is 4. The number of benzene rings is 2. The topological polar surface area (TPSA) is 59.6 Å². The molecule has 5 nitrogen and oxygen atoms in total. The average molecular weight is 393 g/mol. The van der Waals surface area contributed by atoms with Crippen LogP contribution in [0.15, 0.2) is 46.9 Å². The molecule has 0 saturated heterocycles. The molecule has 6 heteroatoms. The van der Waals surface area contributed by atoms with Gasteiger partial charge in [-0.1, -0.05) is 6.07 Å². The van der Waals surface area contributed by atoms with E-state index in [4.69, 9.17) is 9.47 Å². The fourth-order valence-electron chi connectivity index (χ4n) is 2.03. The second kappa shape index (κ2) is 9.30. The van der Waals surface area contributed by atoms with Gasteiger partial charge in [0, 0.05) is 11.0 Å². The highest BCUT2D eigenvalue weighted by Crippen LogP contribution is 2.23. The third-order valence-electron chi connectivity index (χ3n) is 3.29. The van der Waals surface area contributed by atoms with Crippen LogP contribution in [0.1, 0.15) is 5.56 Å². The molecule has 128 valence electrons. The molecule has 1 amide bonds. The summed E-state index contributed by atoms with van der Waals surface area (Å²) in [6, 6.07) is 13.2. The minimum atomic E-state index is -0.0935. The number of carbonyl (C=O) groups is 1. The van der Waals surface area contributed by atoms with Gasteiger partial charge in [0.2, 0.25) is 5.91 Å². The highest BCUT2D eigenvalue weighted by atomic mass is 79.9. The van der Waals surface area contributed by atoms with E-state index in [1.165, 1.54) is 0 Å². The van der Waals surface area contributed by atoms with Gasteiger partial charge in [-0.2, -0.15) is 0 Å². The van der Waals surface area contributed by atoms with Gasteiger partial charge in [0.15, 0.2) is 0 Å². The lowest BCUT2D eigenvalue weighted by Gasteiger charge is -2.10. The summed E-state index contributed by atoms with van der Waals surface area (Å²) in [5.41, 5.74) is 1.90. The highest BCUT2D eigenvalue weighted by molar-refractivity contribution is 9.10. The van der Waals surface area contributed by atoms with Crippen LogP contribution >= 0.6 is 15.9 Å². The van der Waals surface area contributed by atoms with E-state index in [-0.39, 0.29) is 12.5 Å². The van der Waals surface area contributed by atoms with Crippen molar-refractivity contribution in [2.45, 2.75) is 6.92 Å². The Kier molecular flexibility index (Phi) is 7.08. The number of carbonyl (C=O) groups excluding carboxylic acids is 1. The highest BCUT2D eigenvalue weighted by Gasteiger charge is 2.05. The van der Waals surface area contributed by atoms with Crippen molar-refractivity contribution in [3.05, 3.63) is 52.5 Å². The Morgan fingerprint density at radius 1 is 1.12 bits per heavy atom. The van der Waals surface area contributed by atoms with Gasteiger partial charge in [-0.25, -0.2) is 0 Å². The predicted octanol–water partition coefficient (Wildman–Crippen LogP) is 3.37. The molecule has 0 radical (unpaired) electrons. The standard InChI is InChI=1S/C18H21BrN2O3/c1-13-3-8-17(16(19)11-13)21-18(22)12-20-9-10-24-15-6-4-14(23-2)5-7-15/h3-8,11,20H,9-10,12H2,1-2H3,(H,21,22). The van der Waals surface area contributed by atoms with Gasteiger partial charge in [-0.3, -0.25) is 4.79 Å². The van der Waals surface area contributed by atoms with Crippen molar-refractivity contribution in [1.82, 2.24) is 5.32 Å². The summed E-state index contributed by atoms with van der Waals surface area (Å²) < 4.78 is 11.5. The zero-order chi connectivity index (χ0) is 17.4. The van der Waals surface area contributed by atoms with E-state index >= 15 is 0 Å². The Balaban J connectivity index is 1.65. The number of aryl methyl sites for hydroxylation is 1. The van der Waals surface area contributed by atoms with Crippen LogP contribution in [0.4, 0.5) is 5.69 Å². The molecule has 0 unspecified atom stereocenters. The minimum Gasteiger partial charge on any atom is -0.497 e. The van der Waals surface area contributed by atoms with Crippen LogP contribution in [0.2, 0.25) is 0 Å². The van der Waals surface area contributed by atoms with Crippen LogP contribution < -0.4 is 20.1 Å². The number of methoxy groups -OCH3 is 1. The molecule has 2 N–H and O–H groups in total. The monoisotopic (exact) mass is 392 g/mol. The van der Waals surface area contributed by atoms with Crippen LogP contribution in [-0.4, -0.2) is 32.7 Å². The Bertz CT molecular complexity index is 674. The van der Waals surface area contributed by atoms with Gasteiger partial charge in [0.25, 0.3) is 0 Å². The molecule has 0 aromatic heterocycles. The smallest absolute Gasteiger partial charge is 0.238 e. The average Bonchev–Trinajstić information content (AvgIpc) is 2.57. The molecule has 0 atom stereocenters. The molecule has 24 heavy (non-hydrogen) atoms. The third-order valence-corrected chi connectivity index (χ3v) is 3.95. The molecular formula is C18H21BrN2O3. The summed E-state index contributed by atoms with van der Waals surface area (Å²) in [5.74, 6) is 1.47. The molecule has 2 aromatic rings. The van der Waals surface area contributed by atoms with Crippen molar-refractivity contribution in [2.24, 2.45) is 0 Å². The van der Waals surface area contributed by atoms with Crippen molar-refractivity contribution in [3.63, 3.8) is 0 Å². The fraction of sp³-hybridized carbons (Fsp3) is 0.278. The van der Waals surface area contributed by atoms with Crippen molar-refractivity contribution in [1.29, 1.82) is 0 Å². The zero-order valence-electron chi connectivity index (χ0n) is 13.8. The van der Waals surface area contributed by atoms with Crippen molar-refractivity contribution < 1.29 is 14.3 Å². The normalized spacial score (nSPS) is 10.3. The Hall–Kier alpha value is -2.05. The molecule has 0 saturated carbocycles. The maximum Gasteiger partial charge on any atom is 0.238 e. The molecule has 0 heterocycles. The van der Waals surface area contributed by atoms with Gasteiger partial charge in [-0.15, -0.1) is 0 Å². The van der Waals surface area contributed by atoms with E-state index in [0.29, 0.717) is 13.2 Å². The van der Waals surface area contributed by atoms with Crippen molar-refractivity contribution >= 4 is 27.5 Å². The molecular weight excluding hydrogens is 372 g/mol. The van der Waals surface area contributed by atoms with Gasteiger partial charge in [0.1, 0.15) is 18.1 Å². The van der Waals surface area contributed by atoms with Gasteiger partial charge in [0.05, 0.1) is 19.3 Å². The lowest BCUT2D eigenvalue weighted by Crippen LogP contribution is -2.31. The van der Waals surface area contributed by atoms with E-state index < -0.39 is 0 Å². The zero-order valence-corrected chi connectivity index (χ0v) is 15.4. The van der Waals surface area contributed by atoms with Crippen LogP contribution in [-0.2, 0) is 4.79 Å². The Morgan fingerprint density at radius 2 is 1.83 bits per heavy atom. The summed E-state index contributed by atoms with van der Waals surface area (Å²) in [5, 5.41) is 5.91. The summed E-state index contributed by atoms with van der Waals surface area (Å²) in [7, 11) is 1.62. The Labute approximate surface area is 150 Å². The third kappa shape index (κ3) is 5.86. The first kappa shape index (κ1) is 18.3. The van der Waals surface area contributed by atoms with Gasteiger partial charge < -0.3 is 20.1 Å². The molecule has 0 fully saturated rings. The van der Waals surface area contributed by atoms with E-state index in [0.717, 1.165) is 27.2 Å². The number of ether oxygens (including phenoxy) is 2. The number of amides is 1. The van der Waals surface area contributed by atoms with Crippen LogP contribution in [0.3, 0.4) is 0 Å². The molecule has 0 aliphatic carbocycles. The molecule has 0 aliphatic rings. The summed E-state index contributed by atoms with van der Waals surface area (Å²) >= 11 is 3.44. The largest absolute Gasteiger partial charge is 0.497 e. The summed E-state index contributed by atoms with van der Waals surface area (Å²) in [4.78, 5) is 11.9. The summed E-state index contributed by atoms with van der Waals surface area (Å²) in [6.45, 7) is 3.29. The number of nitrogens with one attached hydrogen (secondary N) is 2. The molecule has 0 aliphatic heterocycles. The number of rotatable bonds is 8. The quantitative estimate of drug-likeness (QED) is 0.676. The first-order valence-corrected chi connectivity index (χ1v) is 8.41. The van der Waals surface area contributed by atoms with Gasteiger partial charge >= 0.3 is 0 Å². The van der Waals surface area contributed by atoms with E-state index in [9.17, 15) is 4.79 Å². The maximum atomic E-state index is 11.9. The fourth-order valence-corrected chi connectivity index (χ4v) is 2.62. The first-order chi connectivity index (χ1) is 11.6. The lowest BCUT2D eigenvalue weighted by molar-refractivity contribution is -0.115. The Morgan fingerprint density at radius 3 is 2.50 bits per heavy atom. The summed E-state index contributed by atoms with van der Waals surface area (Å²) in [6.07, 6.45) is 0. The number of hydrogen-bond donors (Lipinski definition) is 2. The van der Waals surface area contributed by atoms with E-state index in [2.05, 4.69) is 26.6 Å². The van der Waals surface area contributed by atoms with Crippen molar-refractivity contribution in [3.8, 4) is 11.5 Å². The minimum absolute atomic E-state index is 0.0935. The number of halogens is 1. The molecule has 2 rings (SSSR count). The lowest BCUT2D eigenvalue weighted by atomic mass is 10.2. The molecule has 0 spiro atoms. The van der Waals surface area contributed by atoms with Gasteiger partial charge in [-0.05, 0) is 64.8 Å². The maximum absolute atomic E-state index is 11.9. The second-order valence-corrected chi connectivity index (χ2v) is 6.09. The van der Waals surface area contributed by atoms with Crippen LogP contribution in [0.5, 0.6) is 11.5 Å². The van der Waals surface area contributed by atoms with Crippen molar-refractivity contribution in [2.75, 3.05) is 32.1 Å². The van der Waals surface area contributed by atoms with E-state index in [1.807, 2.05) is 49.4 Å².